The highest BCUT2D eigenvalue weighted by atomic mass is 79.9. The number of aromatic nitrogens is 1. The fourth-order valence-electron chi connectivity index (χ4n) is 2.94. The van der Waals surface area contributed by atoms with Crippen molar-refractivity contribution in [1.82, 2.24) is 4.98 Å². The van der Waals surface area contributed by atoms with E-state index in [1.165, 1.54) is 12.5 Å². The van der Waals surface area contributed by atoms with Crippen LogP contribution in [0.25, 0.3) is 0 Å². The molecule has 1 aromatic heterocycles. The minimum atomic E-state index is -0.393. The molecular formula is C13H18BrN3O2. The summed E-state index contributed by atoms with van der Waals surface area (Å²) in [6.07, 6.45) is 4.90. The van der Waals surface area contributed by atoms with Crippen LogP contribution in [0.2, 0.25) is 0 Å². The third kappa shape index (κ3) is 3.65. The summed E-state index contributed by atoms with van der Waals surface area (Å²) < 4.78 is 0.620. The van der Waals surface area contributed by atoms with E-state index in [2.05, 4.69) is 40.1 Å². The van der Waals surface area contributed by atoms with Crippen molar-refractivity contribution >= 4 is 27.4 Å². The van der Waals surface area contributed by atoms with Gasteiger partial charge in [-0.1, -0.05) is 13.8 Å². The van der Waals surface area contributed by atoms with Crippen molar-refractivity contribution in [2.45, 2.75) is 39.2 Å². The molecule has 1 N–H and O–H groups in total. The van der Waals surface area contributed by atoms with Gasteiger partial charge in [0.1, 0.15) is 0 Å². The number of rotatable bonds is 3. The van der Waals surface area contributed by atoms with E-state index in [0.29, 0.717) is 22.1 Å². The first kappa shape index (κ1) is 14.2. The standard InChI is InChI=1S/C13H18BrN3O2/c1-8-3-9(2)5-11(4-8)16-13-12(17(18)19)6-10(14)7-15-13/h6-9,11H,3-5H2,1-2H3,(H,15,16). The van der Waals surface area contributed by atoms with Crippen LogP contribution in [0, 0.1) is 22.0 Å². The molecule has 2 unspecified atom stereocenters. The fraction of sp³-hybridized carbons (Fsp3) is 0.615. The van der Waals surface area contributed by atoms with E-state index in [0.717, 1.165) is 12.8 Å². The molecule has 1 heterocycles. The Morgan fingerprint density at radius 2 is 2.00 bits per heavy atom. The number of nitro groups is 1. The van der Waals surface area contributed by atoms with Crippen LogP contribution in [0.5, 0.6) is 0 Å². The second-order valence-corrected chi connectivity index (χ2v) is 6.45. The molecule has 19 heavy (non-hydrogen) atoms. The average molecular weight is 328 g/mol. The number of nitrogens with one attached hydrogen (secondary N) is 1. The molecular weight excluding hydrogens is 310 g/mol. The second-order valence-electron chi connectivity index (χ2n) is 5.54. The maximum atomic E-state index is 11.0. The summed E-state index contributed by atoms with van der Waals surface area (Å²) in [6.45, 7) is 4.46. The highest BCUT2D eigenvalue weighted by Crippen LogP contribution is 2.32. The number of pyridine rings is 1. The molecule has 1 aliphatic rings. The normalized spacial score (nSPS) is 27.0. The van der Waals surface area contributed by atoms with Crippen molar-refractivity contribution < 1.29 is 4.92 Å². The second kappa shape index (κ2) is 5.86. The van der Waals surface area contributed by atoms with Crippen LogP contribution in [0.4, 0.5) is 11.5 Å². The summed E-state index contributed by atoms with van der Waals surface area (Å²) in [4.78, 5) is 14.8. The number of nitrogens with zero attached hydrogens (tertiary/aromatic N) is 2. The van der Waals surface area contributed by atoms with Gasteiger partial charge in [0.2, 0.25) is 5.82 Å². The molecule has 0 aliphatic heterocycles. The molecule has 0 spiro atoms. The molecule has 5 nitrogen and oxygen atoms in total. The van der Waals surface area contributed by atoms with Gasteiger partial charge in [0.05, 0.1) is 4.92 Å². The van der Waals surface area contributed by atoms with E-state index in [4.69, 9.17) is 0 Å². The Hall–Kier alpha value is -1.17. The number of hydrogen-bond acceptors (Lipinski definition) is 4. The van der Waals surface area contributed by atoms with Crippen LogP contribution in [0.15, 0.2) is 16.7 Å². The van der Waals surface area contributed by atoms with Crippen molar-refractivity contribution in [3.8, 4) is 0 Å². The van der Waals surface area contributed by atoms with Gasteiger partial charge in [-0.2, -0.15) is 0 Å². The van der Waals surface area contributed by atoms with Gasteiger partial charge in [-0.05, 0) is 47.0 Å². The Balaban J connectivity index is 2.16. The minimum Gasteiger partial charge on any atom is -0.362 e. The average Bonchev–Trinajstić information content (AvgIpc) is 2.30. The number of halogens is 1. The van der Waals surface area contributed by atoms with E-state index >= 15 is 0 Å². The number of anilines is 1. The Bertz CT molecular complexity index is 471. The molecule has 0 radical (unpaired) electrons. The van der Waals surface area contributed by atoms with Gasteiger partial charge in [0, 0.05) is 22.8 Å². The quantitative estimate of drug-likeness (QED) is 0.673. The van der Waals surface area contributed by atoms with Crippen LogP contribution < -0.4 is 5.32 Å². The maximum Gasteiger partial charge on any atom is 0.312 e. The lowest BCUT2D eigenvalue weighted by Gasteiger charge is -2.32. The van der Waals surface area contributed by atoms with E-state index in [1.807, 2.05) is 0 Å². The molecule has 1 aliphatic carbocycles. The first-order valence-corrected chi connectivity index (χ1v) is 7.31. The Kier molecular flexibility index (Phi) is 4.39. The van der Waals surface area contributed by atoms with Crippen molar-refractivity contribution in [2.75, 3.05) is 5.32 Å². The molecule has 6 heteroatoms. The van der Waals surface area contributed by atoms with Gasteiger partial charge in [0.25, 0.3) is 0 Å². The van der Waals surface area contributed by atoms with Crippen molar-refractivity contribution in [3.63, 3.8) is 0 Å². The van der Waals surface area contributed by atoms with Crippen LogP contribution >= 0.6 is 15.9 Å². The molecule has 0 aromatic carbocycles. The van der Waals surface area contributed by atoms with E-state index < -0.39 is 4.92 Å². The van der Waals surface area contributed by atoms with E-state index in [-0.39, 0.29) is 11.7 Å². The van der Waals surface area contributed by atoms with E-state index in [9.17, 15) is 10.1 Å². The molecule has 0 amide bonds. The van der Waals surface area contributed by atoms with Crippen LogP contribution in [0.3, 0.4) is 0 Å². The summed E-state index contributed by atoms with van der Waals surface area (Å²) in [7, 11) is 0. The SMILES string of the molecule is CC1CC(C)CC(Nc2ncc(Br)cc2[N+](=O)[O-])C1. The molecule has 1 fully saturated rings. The molecule has 1 aromatic rings. The maximum absolute atomic E-state index is 11.0. The van der Waals surface area contributed by atoms with Gasteiger partial charge < -0.3 is 5.32 Å². The van der Waals surface area contributed by atoms with Gasteiger partial charge in [-0.15, -0.1) is 0 Å². The molecule has 1 saturated carbocycles. The Morgan fingerprint density at radius 1 is 1.37 bits per heavy atom. The Morgan fingerprint density at radius 3 is 2.58 bits per heavy atom. The van der Waals surface area contributed by atoms with Crippen molar-refractivity contribution in [3.05, 3.63) is 26.9 Å². The summed E-state index contributed by atoms with van der Waals surface area (Å²) in [5.74, 6) is 1.67. The highest BCUT2D eigenvalue weighted by molar-refractivity contribution is 9.10. The van der Waals surface area contributed by atoms with Gasteiger partial charge in [-0.3, -0.25) is 10.1 Å². The molecule has 0 saturated heterocycles. The zero-order valence-corrected chi connectivity index (χ0v) is 12.7. The summed E-state index contributed by atoms with van der Waals surface area (Å²) in [6, 6.07) is 1.76. The first-order chi connectivity index (χ1) is 8.95. The van der Waals surface area contributed by atoms with Gasteiger partial charge in [0.15, 0.2) is 0 Å². The number of hydrogen-bond donors (Lipinski definition) is 1. The third-order valence-corrected chi connectivity index (χ3v) is 3.98. The predicted octanol–water partition coefficient (Wildman–Crippen LogP) is 3.99. The molecule has 2 atom stereocenters. The zero-order valence-electron chi connectivity index (χ0n) is 11.1. The third-order valence-electron chi connectivity index (χ3n) is 3.55. The molecule has 104 valence electrons. The zero-order chi connectivity index (χ0) is 14.0. The van der Waals surface area contributed by atoms with Crippen LogP contribution in [-0.4, -0.2) is 15.9 Å². The highest BCUT2D eigenvalue weighted by Gasteiger charge is 2.26. The monoisotopic (exact) mass is 327 g/mol. The van der Waals surface area contributed by atoms with Crippen molar-refractivity contribution in [2.24, 2.45) is 11.8 Å². The lowest BCUT2D eigenvalue weighted by molar-refractivity contribution is -0.384. The fourth-order valence-corrected chi connectivity index (χ4v) is 3.26. The lowest BCUT2D eigenvalue weighted by atomic mass is 9.80. The van der Waals surface area contributed by atoms with Crippen molar-refractivity contribution in [1.29, 1.82) is 0 Å². The summed E-state index contributed by atoms with van der Waals surface area (Å²) >= 11 is 3.21. The van der Waals surface area contributed by atoms with Gasteiger partial charge in [-0.25, -0.2) is 4.98 Å². The topological polar surface area (TPSA) is 68.1 Å². The summed E-state index contributed by atoms with van der Waals surface area (Å²) in [5, 5.41) is 14.3. The summed E-state index contributed by atoms with van der Waals surface area (Å²) in [5.41, 5.74) is 0.0280. The van der Waals surface area contributed by atoms with E-state index in [1.54, 1.807) is 6.20 Å². The smallest absolute Gasteiger partial charge is 0.312 e. The molecule has 2 rings (SSSR count). The van der Waals surface area contributed by atoms with Gasteiger partial charge >= 0.3 is 5.69 Å². The minimum absolute atomic E-state index is 0.0280. The Labute approximate surface area is 121 Å². The first-order valence-electron chi connectivity index (χ1n) is 6.52. The predicted molar refractivity (Wildman–Crippen MR) is 78.2 cm³/mol. The van der Waals surface area contributed by atoms with Crippen LogP contribution in [0.1, 0.15) is 33.1 Å². The lowest BCUT2D eigenvalue weighted by Crippen LogP contribution is -2.30. The largest absolute Gasteiger partial charge is 0.362 e. The van der Waals surface area contributed by atoms with Crippen LogP contribution in [-0.2, 0) is 0 Å². The molecule has 0 bridgehead atoms.